The maximum atomic E-state index is 11.0. The van der Waals surface area contributed by atoms with Crippen molar-refractivity contribution in [3.8, 4) is 5.88 Å². The van der Waals surface area contributed by atoms with Crippen LogP contribution < -0.4 is 10.1 Å². The van der Waals surface area contributed by atoms with E-state index in [0.29, 0.717) is 11.7 Å². The second kappa shape index (κ2) is 7.24. The molecule has 1 atom stereocenters. The van der Waals surface area contributed by atoms with Gasteiger partial charge in [0.05, 0.1) is 24.9 Å². The summed E-state index contributed by atoms with van der Waals surface area (Å²) >= 11 is 0. The summed E-state index contributed by atoms with van der Waals surface area (Å²) < 4.78 is 5.49. The summed E-state index contributed by atoms with van der Waals surface area (Å²) in [4.78, 5) is 19.4. The summed E-state index contributed by atoms with van der Waals surface area (Å²) in [6, 6.07) is -0.203. The van der Waals surface area contributed by atoms with Gasteiger partial charge in [-0.3, -0.25) is 9.78 Å². The van der Waals surface area contributed by atoms with E-state index in [0.717, 1.165) is 6.42 Å². The van der Waals surface area contributed by atoms with Crippen LogP contribution in [-0.2, 0) is 4.79 Å². The Balaban J connectivity index is 2.80. The molecule has 0 bridgehead atoms. The molecule has 0 aliphatic rings. The van der Waals surface area contributed by atoms with Gasteiger partial charge in [-0.15, -0.1) is 0 Å². The first-order valence-electron chi connectivity index (χ1n) is 7.13. The molecule has 0 saturated carbocycles. The van der Waals surface area contributed by atoms with Crippen LogP contribution in [0.5, 0.6) is 5.88 Å². The molecule has 0 radical (unpaired) electrons. The Labute approximate surface area is 126 Å². The van der Waals surface area contributed by atoms with Gasteiger partial charge in [0.25, 0.3) is 0 Å². The lowest BCUT2D eigenvalue weighted by atomic mass is 9.87. The van der Waals surface area contributed by atoms with E-state index in [1.165, 1.54) is 0 Å². The highest BCUT2D eigenvalue weighted by atomic mass is 16.5. The van der Waals surface area contributed by atoms with Crippen molar-refractivity contribution in [2.24, 2.45) is 5.41 Å². The van der Waals surface area contributed by atoms with E-state index in [1.54, 1.807) is 12.4 Å². The smallest absolute Gasteiger partial charge is 0.305 e. The van der Waals surface area contributed by atoms with Gasteiger partial charge in [-0.2, -0.15) is 4.98 Å². The number of nitrogens with zero attached hydrogens (tertiary/aromatic N) is 2. The third-order valence-corrected chi connectivity index (χ3v) is 2.60. The molecule has 0 fully saturated rings. The second-order valence-electron chi connectivity index (χ2n) is 6.61. The van der Waals surface area contributed by atoms with Crippen molar-refractivity contribution in [3.05, 3.63) is 12.4 Å². The number of carboxylic acids is 1. The number of aromatic nitrogens is 2. The zero-order valence-electron chi connectivity index (χ0n) is 13.4. The summed E-state index contributed by atoms with van der Waals surface area (Å²) in [7, 11) is 0. The fraction of sp³-hybridized carbons (Fsp3) is 0.667. The van der Waals surface area contributed by atoms with Crippen molar-refractivity contribution in [2.45, 2.75) is 59.6 Å². The van der Waals surface area contributed by atoms with Crippen molar-refractivity contribution < 1.29 is 14.6 Å². The maximum Gasteiger partial charge on any atom is 0.305 e. The Hall–Kier alpha value is -1.85. The van der Waals surface area contributed by atoms with E-state index in [-0.39, 0.29) is 24.0 Å². The largest absolute Gasteiger partial charge is 0.481 e. The van der Waals surface area contributed by atoms with Gasteiger partial charge in [0, 0.05) is 6.04 Å². The van der Waals surface area contributed by atoms with Gasteiger partial charge in [0.15, 0.2) is 0 Å². The second-order valence-corrected chi connectivity index (χ2v) is 6.61. The first kappa shape index (κ1) is 17.2. The Bertz CT molecular complexity index is 469. The van der Waals surface area contributed by atoms with Gasteiger partial charge in [-0.25, -0.2) is 0 Å². The average Bonchev–Trinajstić information content (AvgIpc) is 2.24. The van der Waals surface area contributed by atoms with Gasteiger partial charge in [0.2, 0.25) is 5.88 Å². The fourth-order valence-electron chi connectivity index (χ4n) is 2.05. The molecule has 0 aromatic carbocycles. The van der Waals surface area contributed by atoms with E-state index < -0.39 is 5.97 Å². The normalized spacial score (nSPS) is 13.0. The van der Waals surface area contributed by atoms with Crippen LogP contribution in [0.1, 0.15) is 47.5 Å². The Kier molecular flexibility index (Phi) is 5.93. The number of hydrogen-bond donors (Lipinski definition) is 2. The fourth-order valence-corrected chi connectivity index (χ4v) is 2.05. The highest BCUT2D eigenvalue weighted by Crippen LogP contribution is 2.24. The van der Waals surface area contributed by atoms with Crippen LogP contribution in [0.4, 0.5) is 5.82 Å². The van der Waals surface area contributed by atoms with E-state index in [2.05, 4.69) is 36.1 Å². The van der Waals surface area contributed by atoms with Crippen molar-refractivity contribution >= 4 is 11.8 Å². The van der Waals surface area contributed by atoms with Gasteiger partial charge in [0.1, 0.15) is 5.82 Å². The number of carbonyl (C=O) groups is 1. The van der Waals surface area contributed by atoms with Crippen molar-refractivity contribution in [1.82, 2.24) is 9.97 Å². The van der Waals surface area contributed by atoms with E-state index in [9.17, 15) is 4.79 Å². The molecule has 0 aliphatic carbocycles. The van der Waals surface area contributed by atoms with Crippen LogP contribution in [0.2, 0.25) is 0 Å². The van der Waals surface area contributed by atoms with Crippen LogP contribution in [-0.4, -0.2) is 33.2 Å². The number of nitrogens with one attached hydrogen (secondary N) is 1. The maximum absolute atomic E-state index is 11.0. The average molecular weight is 295 g/mol. The third kappa shape index (κ3) is 7.48. The van der Waals surface area contributed by atoms with Gasteiger partial charge in [-0.05, 0) is 25.7 Å². The number of aliphatic carboxylic acids is 1. The molecule has 0 amide bonds. The van der Waals surface area contributed by atoms with Crippen LogP contribution in [0.15, 0.2) is 12.4 Å². The molecule has 1 heterocycles. The molecule has 6 heteroatoms. The predicted molar refractivity (Wildman–Crippen MR) is 81.5 cm³/mol. The molecule has 0 aliphatic heterocycles. The molecule has 21 heavy (non-hydrogen) atoms. The highest BCUT2D eigenvalue weighted by molar-refractivity contribution is 5.68. The number of hydrogen-bond acceptors (Lipinski definition) is 5. The minimum Gasteiger partial charge on any atom is -0.481 e. The lowest BCUT2D eigenvalue weighted by molar-refractivity contribution is -0.137. The minimum atomic E-state index is -0.834. The Morgan fingerprint density at radius 3 is 2.57 bits per heavy atom. The first-order chi connectivity index (χ1) is 9.65. The zero-order valence-corrected chi connectivity index (χ0v) is 13.4. The first-order valence-corrected chi connectivity index (χ1v) is 7.13. The topological polar surface area (TPSA) is 84.3 Å². The van der Waals surface area contributed by atoms with Crippen molar-refractivity contribution in [1.29, 1.82) is 0 Å². The standard InChI is InChI=1S/C15H25N3O3/c1-10(2)21-13-9-16-8-12(18-13)17-11(6-14(19)20)7-15(3,4)5/h8-11H,6-7H2,1-5H3,(H,17,18)(H,19,20). The molecule has 1 aromatic rings. The van der Waals surface area contributed by atoms with Crippen LogP contribution in [0.25, 0.3) is 0 Å². The van der Waals surface area contributed by atoms with E-state index in [1.807, 2.05) is 13.8 Å². The van der Waals surface area contributed by atoms with E-state index >= 15 is 0 Å². The van der Waals surface area contributed by atoms with Crippen LogP contribution in [0.3, 0.4) is 0 Å². The molecule has 0 saturated heterocycles. The quantitative estimate of drug-likeness (QED) is 0.804. The molecule has 1 aromatic heterocycles. The molecular weight excluding hydrogens is 270 g/mol. The van der Waals surface area contributed by atoms with E-state index in [4.69, 9.17) is 9.84 Å². The summed E-state index contributed by atoms with van der Waals surface area (Å²) in [5.74, 6) is 0.128. The molecule has 2 N–H and O–H groups in total. The third-order valence-electron chi connectivity index (χ3n) is 2.60. The minimum absolute atomic E-state index is 0.0129. The molecule has 0 spiro atoms. The van der Waals surface area contributed by atoms with Gasteiger partial charge in [-0.1, -0.05) is 20.8 Å². The molecular formula is C15H25N3O3. The SMILES string of the molecule is CC(C)Oc1cncc(NC(CC(=O)O)CC(C)(C)C)n1. The molecule has 1 rings (SSSR count). The summed E-state index contributed by atoms with van der Waals surface area (Å²) in [6.07, 6.45) is 3.88. The van der Waals surface area contributed by atoms with Crippen molar-refractivity contribution in [2.75, 3.05) is 5.32 Å². The summed E-state index contributed by atoms with van der Waals surface area (Å²) in [6.45, 7) is 10.1. The van der Waals surface area contributed by atoms with Gasteiger partial charge >= 0.3 is 5.97 Å². The monoisotopic (exact) mass is 295 g/mol. The lowest BCUT2D eigenvalue weighted by Gasteiger charge is -2.26. The molecule has 1 unspecified atom stereocenters. The van der Waals surface area contributed by atoms with Gasteiger partial charge < -0.3 is 15.2 Å². The van der Waals surface area contributed by atoms with Crippen molar-refractivity contribution in [3.63, 3.8) is 0 Å². The number of ether oxygens (including phenoxy) is 1. The number of carboxylic acid groups (broad SMARTS) is 1. The predicted octanol–water partition coefficient (Wildman–Crippen LogP) is 2.96. The van der Waals surface area contributed by atoms with Crippen LogP contribution >= 0.6 is 0 Å². The molecule has 118 valence electrons. The zero-order chi connectivity index (χ0) is 16.0. The number of rotatable bonds is 7. The summed E-state index contributed by atoms with van der Waals surface area (Å²) in [5.41, 5.74) is 0.0204. The Morgan fingerprint density at radius 1 is 1.38 bits per heavy atom. The Morgan fingerprint density at radius 2 is 2.05 bits per heavy atom. The highest BCUT2D eigenvalue weighted by Gasteiger charge is 2.21. The lowest BCUT2D eigenvalue weighted by Crippen LogP contribution is -2.28. The van der Waals surface area contributed by atoms with Crippen LogP contribution in [0, 0.1) is 5.41 Å². The number of anilines is 1. The summed E-state index contributed by atoms with van der Waals surface area (Å²) in [5, 5.41) is 12.2. The molecule has 6 nitrogen and oxygen atoms in total.